The third kappa shape index (κ3) is 0.914. The number of aromatic nitrogens is 1. The first-order chi connectivity index (χ1) is 4.38. The molecule has 0 unspecified atom stereocenters. The van der Waals surface area contributed by atoms with E-state index in [1.807, 2.05) is 0 Å². The minimum Gasteiger partial charge on any atom is -0.322 e. The van der Waals surface area contributed by atoms with E-state index in [4.69, 9.17) is 0 Å². The first-order valence-electron chi connectivity index (χ1n) is 2.63. The van der Waals surface area contributed by atoms with Gasteiger partial charge in [-0.25, -0.2) is 0 Å². The normalized spacial score (nSPS) is 8.89. The van der Waals surface area contributed by atoms with E-state index in [-0.39, 0.29) is 0 Å². The van der Waals surface area contributed by atoms with Crippen LogP contribution in [0.5, 0.6) is 0 Å². The molecule has 0 aliphatic heterocycles. The highest BCUT2D eigenvalue weighted by molar-refractivity contribution is 5.73. The molecule has 0 aromatic carbocycles. The molecule has 0 N–H and O–H groups in total. The van der Waals surface area contributed by atoms with Gasteiger partial charge in [0.05, 0.1) is 5.69 Å². The van der Waals surface area contributed by atoms with Crippen LogP contribution in [-0.2, 0) is 0 Å². The predicted octanol–water partition coefficient (Wildman–Crippen LogP) is 1.40. The molecule has 9 heavy (non-hydrogen) atoms. The zero-order valence-corrected chi connectivity index (χ0v) is 4.95. The van der Waals surface area contributed by atoms with Crippen molar-refractivity contribution in [2.75, 3.05) is 0 Å². The number of aldehydes is 1. The highest BCUT2D eigenvalue weighted by Crippen LogP contribution is 1.97. The van der Waals surface area contributed by atoms with Crippen molar-refractivity contribution >= 4 is 12.5 Å². The van der Waals surface area contributed by atoms with Crippen molar-refractivity contribution in [2.45, 2.75) is 0 Å². The Morgan fingerprint density at radius 3 is 2.89 bits per heavy atom. The van der Waals surface area contributed by atoms with Crippen LogP contribution in [0.4, 0.5) is 0 Å². The number of nitrogens with zero attached hydrogens (tertiary/aromatic N) is 1. The lowest BCUT2D eigenvalue weighted by Crippen LogP contribution is -1.88. The van der Waals surface area contributed by atoms with Gasteiger partial charge in [0.2, 0.25) is 0 Å². The van der Waals surface area contributed by atoms with Gasteiger partial charge < -0.3 is 4.57 Å². The standard InChI is InChI=1S/C7H7NO/c1-2-8-5-3-4-7(8)6-9/h2-6H,1H2. The van der Waals surface area contributed by atoms with Crippen molar-refractivity contribution in [1.82, 2.24) is 4.57 Å². The van der Waals surface area contributed by atoms with Crippen molar-refractivity contribution in [3.05, 3.63) is 30.6 Å². The Morgan fingerprint density at radius 1 is 1.67 bits per heavy atom. The smallest absolute Gasteiger partial charge is 0.166 e. The average molecular weight is 121 g/mol. The molecular formula is C7H7NO. The van der Waals surface area contributed by atoms with E-state index >= 15 is 0 Å². The molecule has 0 aliphatic carbocycles. The van der Waals surface area contributed by atoms with E-state index in [2.05, 4.69) is 6.58 Å². The molecule has 0 bridgehead atoms. The largest absolute Gasteiger partial charge is 0.322 e. The van der Waals surface area contributed by atoms with Gasteiger partial charge >= 0.3 is 0 Å². The minimum atomic E-state index is 0.630. The summed E-state index contributed by atoms with van der Waals surface area (Å²) in [5, 5.41) is 0. The lowest BCUT2D eigenvalue weighted by atomic mass is 10.5. The summed E-state index contributed by atoms with van der Waals surface area (Å²) >= 11 is 0. The summed E-state index contributed by atoms with van der Waals surface area (Å²) in [5.74, 6) is 0. The highest BCUT2D eigenvalue weighted by atomic mass is 16.1. The second kappa shape index (κ2) is 2.31. The molecule has 2 heteroatoms. The summed E-state index contributed by atoms with van der Waals surface area (Å²) in [6, 6.07) is 3.53. The molecule has 0 saturated heterocycles. The minimum absolute atomic E-state index is 0.630. The van der Waals surface area contributed by atoms with E-state index in [0.29, 0.717) is 5.69 Å². The van der Waals surface area contributed by atoms with E-state index in [9.17, 15) is 4.79 Å². The van der Waals surface area contributed by atoms with Gasteiger partial charge in [0.1, 0.15) is 0 Å². The molecule has 0 fully saturated rings. The van der Waals surface area contributed by atoms with Crippen LogP contribution in [0.1, 0.15) is 10.5 Å². The topological polar surface area (TPSA) is 22.0 Å². The summed E-state index contributed by atoms with van der Waals surface area (Å²) in [7, 11) is 0. The Bertz CT molecular complexity index is 202. The lowest BCUT2D eigenvalue weighted by molar-refractivity contribution is 0.111. The second-order valence-electron chi connectivity index (χ2n) is 1.64. The number of carbonyl (C=O) groups excluding carboxylic acids is 1. The quantitative estimate of drug-likeness (QED) is 0.542. The van der Waals surface area contributed by atoms with Crippen molar-refractivity contribution in [2.24, 2.45) is 0 Å². The van der Waals surface area contributed by atoms with E-state index in [1.165, 1.54) is 0 Å². The molecule has 1 aromatic heterocycles. The number of hydrogen-bond donors (Lipinski definition) is 0. The molecule has 0 aliphatic rings. The zero-order chi connectivity index (χ0) is 6.69. The van der Waals surface area contributed by atoms with Gasteiger partial charge in [-0.05, 0) is 12.1 Å². The van der Waals surface area contributed by atoms with Gasteiger partial charge in [-0.15, -0.1) is 0 Å². The van der Waals surface area contributed by atoms with Crippen LogP contribution in [-0.4, -0.2) is 10.9 Å². The van der Waals surface area contributed by atoms with Gasteiger partial charge in [-0.2, -0.15) is 0 Å². The summed E-state index contributed by atoms with van der Waals surface area (Å²) in [4.78, 5) is 10.2. The van der Waals surface area contributed by atoms with Gasteiger partial charge in [0.15, 0.2) is 6.29 Å². The Hall–Kier alpha value is -1.31. The third-order valence-corrected chi connectivity index (χ3v) is 1.13. The third-order valence-electron chi connectivity index (χ3n) is 1.13. The fourth-order valence-electron chi connectivity index (χ4n) is 0.673. The molecule has 1 rings (SSSR count). The van der Waals surface area contributed by atoms with E-state index < -0.39 is 0 Å². The van der Waals surface area contributed by atoms with Crippen LogP contribution < -0.4 is 0 Å². The van der Waals surface area contributed by atoms with Gasteiger partial charge in [-0.1, -0.05) is 6.58 Å². The van der Waals surface area contributed by atoms with Crippen LogP contribution in [0, 0.1) is 0 Å². The summed E-state index contributed by atoms with van der Waals surface area (Å²) < 4.78 is 1.66. The van der Waals surface area contributed by atoms with E-state index in [0.717, 1.165) is 6.29 Å². The Labute approximate surface area is 53.4 Å². The number of hydrogen-bond acceptors (Lipinski definition) is 1. The van der Waals surface area contributed by atoms with Crippen molar-refractivity contribution in [1.29, 1.82) is 0 Å². The molecule has 0 radical (unpaired) electrons. The van der Waals surface area contributed by atoms with Crippen molar-refractivity contribution in [3.8, 4) is 0 Å². The molecule has 0 saturated carbocycles. The molecule has 0 atom stereocenters. The zero-order valence-electron chi connectivity index (χ0n) is 4.95. The molecular weight excluding hydrogens is 114 g/mol. The van der Waals surface area contributed by atoms with Crippen molar-refractivity contribution < 1.29 is 4.79 Å². The fraction of sp³-hybridized carbons (Fsp3) is 0. The molecule has 46 valence electrons. The Balaban J connectivity index is 3.12. The Kier molecular flexibility index (Phi) is 1.49. The van der Waals surface area contributed by atoms with Crippen LogP contribution in [0.2, 0.25) is 0 Å². The van der Waals surface area contributed by atoms with Crippen LogP contribution >= 0.6 is 0 Å². The van der Waals surface area contributed by atoms with Gasteiger partial charge in [0.25, 0.3) is 0 Å². The molecule has 1 heterocycles. The predicted molar refractivity (Wildman–Crippen MR) is 36.2 cm³/mol. The van der Waals surface area contributed by atoms with Gasteiger partial charge in [0, 0.05) is 12.4 Å². The van der Waals surface area contributed by atoms with E-state index in [1.54, 1.807) is 29.1 Å². The maximum Gasteiger partial charge on any atom is 0.166 e. The first kappa shape index (κ1) is 5.82. The average Bonchev–Trinajstić information content (AvgIpc) is 2.33. The summed E-state index contributed by atoms with van der Waals surface area (Å²) in [6.45, 7) is 3.52. The fourth-order valence-corrected chi connectivity index (χ4v) is 0.673. The molecule has 0 amide bonds. The summed E-state index contributed by atoms with van der Waals surface area (Å²) in [6.07, 6.45) is 4.15. The lowest BCUT2D eigenvalue weighted by Gasteiger charge is -1.91. The van der Waals surface area contributed by atoms with Crippen LogP contribution in [0.15, 0.2) is 24.9 Å². The SMILES string of the molecule is C=Cn1cccc1C=O. The second-order valence-corrected chi connectivity index (χ2v) is 1.64. The summed E-state index contributed by atoms with van der Waals surface area (Å²) in [5.41, 5.74) is 0.630. The monoisotopic (exact) mass is 121 g/mol. The number of rotatable bonds is 2. The highest BCUT2D eigenvalue weighted by Gasteiger charge is 1.91. The number of carbonyl (C=O) groups is 1. The molecule has 1 aromatic rings. The van der Waals surface area contributed by atoms with Crippen LogP contribution in [0.3, 0.4) is 0 Å². The van der Waals surface area contributed by atoms with Crippen molar-refractivity contribution in [3.63, 3.8) is 0 Å². The maximum atomic E-state index is 10.2. The van der Waals surface area contributed by atoms with Crippen LogP contribution in [0.25, 0.3) is 6.20 Å². The molecule has 0 spiro atoms. The van der Waals surface area contributed by atoms with Gasteiger partial charge in [-0.3, -0.25) is 4.79 Å². The first-order valence-corrected chi connectivity index (χ1v) is 2.63. The maximum absolute atomic E-state index is 10.2. The Morgan fingerprint density at radius 2 is 2.44 bits per heavy atom. The molecule has 2 nitrogen and oxygen atoms in total.